The van der Waals surface area contributed by atoms with Crippen LogP contribution in [0.5, 0.6) is 0 Å². The summed E-state index contributed by atoms with van der Waals surface area (Å²) in [6.07, 6.45) is 4.98. The standard InChI is InChI=1S/C14H20N2/c15-14(7-4-8-14)10-16-13-9-12(13)11-5-2-1-3-6-11/h1-3,5-6,12-13,16H,4,7-10,15H2/t12?,13-/m0/s1. The van der Waals surface area contributed by atoms with Crippen molar-refractivity contribution < 1.29 is 0 Å². The highest BCUT2D eigenvalue weighted by atomic mass is 15.0. The third-order valence-corrected chi connectivity index (χ3v) is 4.08. The van der Waals surface area contributed by atoms with Gasteiger partial charge < -0.3 is 11.1 Å². The maximum atomic E-state index is 6.20. The second-order valence-electron chi connectivity index (χ2n) is 5.46. The zero-order valence-electron chi connectivity index (χ0n) is 9.65. The van der Waals surface area contributed by atoms with Gasteiger partial charge in [-0.05, 0) is 31.2 Å². The Morgan fingerprint density at radius 1 is 1.25 bits per heavy atom. The molecule has 3 rings (SSSR count). The summed E-state index contributed by atoms with van der Waals surface area (Å²) in [6.45, 7) is 1.00. The molecule has 86 valence electrons. The first-order valence-electron chi connectivity index (χ1n) is 6.34. The molecule has 2 aliphatic rings. The first-order chi connectivity index (χ1) is 7.77. The molecule has 2 nitrogen and oxygen atoms in total. The lowest BCUT2D eigenvalue weighted by Gasteiger charge is -2.38. The van der Waals surface area contributed by atoms with E-state index < -0.39 is 0 Å². The van der Waals surface area contributed by atoms with Gasteiger partial charge in [0.25, 0.3) is 0 Å². The Morgan fingerprint density at radius 2 is 2.00 bits per heavy atom. The minimum absolute atomic E-state index is 0.115. The van der Waals surface area contributed by atoms with E-state index in [-0.39, 0.29) is 5.54 Å². The van der Waals surface area contributed by atoms with Crippen molar-refractivity contribution in [3.05, 3.63) is 35.9 Å². The number of nitrogens with two attached hydrogens (primary N) is 1. The van der Waals surface area contributed by atoms with Gasteiger partial charge in [0.05, 0.1) is 0 Å². The molecule has 3 N–H and O–H groups in total. The van der Waals surface area contributed by atoms with Crippen LogP contribution in [0, 0.1) is 0 Å². The van der Waals surface area contributed by atoms with Crippen molar-refractivity contribution in [3.63, 3.8) is 0 Å². The van der Waals surface area contributed by atoms with E-state index in [1.807, 2.05) is 0 Å². The number of benzene rings is 1. The molecule has 16 heavy (non-hydrogen) atoms. The van der Waals surface area contributed by atoms with Gasteiger partial charge in [0.2, 0.25) is 0 Å². The van der Waals surface area contributed by atoms with Crippen LogP contribution in [0.15, 0.2) is 30.3 Å². The van der Waals surface area contributed by atoms with E-state index in [0.29, 0.717) is 6.04 Å². The van der Waals surface area contributed by atoms with Crippen LogP contribution in [0.25, 0.3) is 0 Å². The Morgan fingerprint density at radius 3 is 2.62 bits per heavy atom. The molecular weight excluding hydrogens is 196 g/mol. The fourth-order valence-electron chi connectivity index (χ4n) is 2.63. The summed E-state index contributed by atoms with van der Waals surface area (Å²) in [5.74, 6) is 0.727. The molecule has 2 heteroatoms. The first kappa shape index (κ1) is 10.3. The highest BCUT2D eigenvalue weighted by molar-refractivity contribution is 5.27. The highest BCUT2D eigenvalue weighted by Gasteiger charge is 2.40. The Kier molecular flexibility index (Phi) is 2.49. The Labute approximate surface area is 97.2 Å². The van der Waals surface area contributed by atoms with E-state index in [2.05, 4.69) is 35.6 Å². The fraction of sp³-hybridized carbons (Fsp3) is 0.571. The fourth-order valence-corrected chi connectivity index (χ4v) is 2.63. The summed E-state index contributed by atoms with van der Waals surface area (Å²) in [5.41, 5.74) is 7.79. The predicted octanol–water partition coefficient (Wildman–Crippen LogP) is 2.01. The molecule has 0 radical (unpaired) electrons. The topological polar surface area (TPSA) is 38.0 Å². The van der Waals surface area contributed by atoms with Crippen LogP contribution in [0.4, 0.5) is 0 Å². The largest absolute Gasteiger partial charge is 0.324 e. The number of hydrogen-bond acceptors (Lipinski definition) is 2. The molecule has 0 bridgehead atoms. The van der Waals surface area contributed by atoms with E-state index >= 15 is 0 Å². The summed E-state index contributed by atoms with van der Waals surface area (Å²) < 4.78 is 0. The number of hydrogen-bond donors (Lipinski definition) is 2. The van der Waals surface area contributed by atoms with Gasteiger partial charge in [-0.2, -0.15) is 0 Å². The van der Waals surface area contributed by atoms with Crippen LogP contribution in [-0.2, 0) is 0 Å². The quantitative estimate of drug-likeness (QED) is 0.808. The van der Waals surface area contributed by atoms with E-state index in [1.165, 1.54) is 31.2 Å². The van der Waals surface area contributed by atoms with Gasteiger partial charge in [-0.1, -0.05) is 30.3 Å². The average molecular weight is 216 g/mol. The highest BCUT2D eigenvalue weighted by Crippen LogP contribution is 2.41. The maximum absolute atomic E-state index is 6.20. The summed E-state index contributed by atoms with van der Waals surface area (Å²) in [4.78, 5) is 0. The second-order valence-corrected chi connectivity index (χ2v) is 5.46. The van der Waals surface area contributed by atoms with Crippen molar-refractivity contribution in [2.45, 2.75) is 43.2 Å². The predicted molar refractivity (Wildman–Crippen MR) is 66.4 cm³/mol. The summed E-state index contributed by atoms with van der Waals surface area (Å²) >= 11 is 0. The first-order valence-corrected chi connectivity index (χ1v) is 6.34. The Bertz CT molecular complexity index is 356. The van der Waals surface area contributed by atoms with E-state index in [0.717, 1.165) is 12.5 Å². The van der Waals surface area contributed by atoms with Crippen molar-refractivity contribution in [1.82, 2.24) is 5.32 Å². The Hall–Kier alpha value is -0.860. The van der Waals surface area contributed by atoms with Crippen molar-refractivity contribution in [1.29, 1.82) is 0 Å². The van der Waals surface area contributed by atoms with Crippen LogP contribution < -0.4 is 11.1 Å². The maximum Gasteiger partial charge on any atom is 0.0280 e. The van der Waals surface area contributed by atoms with Gasteiger partial charge in [0, 0.05) is 24.0 Å². The summed E-state index contributed by atoms with van der Waals surface area (Å²) in [7, 11) is 0. The number of rotatable bonds is 4. The molecule has 0 amide bonds. The minimum atomic E-state index is 0.115. The molecule has 0 aromatic heterocycles. The monoisotopic (exact) mass is 216 g/mol. The second kappa shape index (κ2) is 3.86. The molecule has 2 aliphatic carbocycles. The van der Waals surface area contributed by atoms with Crippen molar-refractivity contribution in [3.8, 4) is 0 Å². The Balaban J connectivity index is 1.49. The van der Waals surface area contributed by atoms with Crippen molar-refractivity contribution in [2.75, 3.05) is 6.54 Å². The lowest BCUT2D eigenvalue weighted by molar-refractivity contribution is 0.238. The van der Waals surface area contributed by atoms with E-state index in [4.69, 9.17) is 5.73 Å². The van der Waals surface area contributed by atoms with Crippen LogP contribution >= 0.6 is 0 Å². The van der Waals surface area contributed by atoms with Crippen LogP contribution in [-0.4, -0.2) is 18.1 Å². The third kappa shape index (κ3) is 2.00. The molecule has 2 fully saturated rings. The van der Waals surface area contributed by atoms with Gasteiger partial charge in [0.1, 0.15) is 0 Å². The van der Waals surface area contributed by atoms with Gasteiger partial charge in [-0.15, -0.1) is 0 Å². The molecule has 1 aromatic rings. The summed E-state index contributed by atoms with van der Waals surface area (Å²) in [5, 5.41) is 3.62. The minimum Gasteiger partial charge on any atom is -0.324 e. The molecule has 2 saturated carbocycles. The molecule has 2 atom stereocenters. The molecule has 0 saturated heterocycles. The van der Waals surface area contributed by atoms with Crippen LogP contribution in [0.1, 0.15) is 37.2 Å². The SMILES string of the molecule is NC1(CN[C@H]2CC2c2ccccc2)CCC1. The lowest BCUT2D eigenvalue weighted by atomic mass is 9.78. The number of nitrogens with one attached hydrogen (secondary N) is 1. The molecule has 0 spiro atoms. The van der Waals surface area contributed by atoms with E-state index in [1.54, 1.807) is 0 Å². The molecule has 1 unspecified atom stereocenters. The third-order valence-electron chi connectivity index (χ3n) is 4.08. The van der Waals surface area contributed by atoms with Gasteiger partial charge in [-0.25, -0.2) is 0 Å². The summed E-state index contributed by atoms with van der Waals surface area (Å²) in [6, 6.07) is 11.5. The van der Waals surface area contributed by atoms with Crippen molar-refractivity contribution >= 4 is 0 Å². The molecule has 0 aliphatic heterocycles. The zero-order valence-corrected chi connectivity index (χ0v) is 9.65. The normalized spacial score (nSPS) is 30.8. The smallest absolute Gasteiger partial charge is 0.0280 e. The van der Waals surface area contributed by atoms with Gasteiger partial charge in [0.15, 0.2) is 0 Å². The van der Waals surface area contributed by atoms with Gasteiger partial charge in [-0.3, -0.25) is 0 Å². The molecular formula is C14H20N2. The van der Waals surface area contributed by atoms with Crippen LogP contribution in [0.3, 0.4) is 0 Å². The van der Waals surface area contributed by atoms with Crippen molar-refractivity contribution in [2.24, 2.45) is 5.73 Å². The van der Waals surface area contributed by atoms with Gasteiger partial charge >= 0.3 is 0 Å². The molecule has 1 aromatic carbocycles. The molecule has 0 heterocycles. The van der Waals surface area contributed by atoms with E-state index in [9.17, 15) is 0 Å². The average Bonchev–Trinajstić information content (AvgIpc) is 3.04. The van der Waals surface area contributed by atoms with Crippen LogP contribution in [0.2, 0.25) is 0 Å². The lowest BCUT2D eigenvalue weighted by Crippen LogP contribution is -2.54. The zero-order chi connectivity index (χ0) is 11.0.